The van der Waals surface area contributed by atoms with Crippen LogP contribution < -0.4 is 5.32 Å². The Kier molecular flexibility index (Phi) is 3.60. The molecule has 1 saturated carbocycles. The summed E-state index contributed by atoms with van der Waals surface area (Å²) in [6.07, 6.45) is 4.09. The second kappa shape index (κ2) is 5.01. The molecule has 1 amide bonds. The van der Waals surface area contributed by atoms with Crippen LogP contribution in [0.25, 0.3) is 0 Å². The summed E-state index contributed by atoms with van der Waals surface area (Å²) in [5.74, 6) is -1.13. The van der Waals surface area contributed by atoms with Crippen LogP contribution in [0.4, 0.5) is 0 Å². The van der Waals surface area contributed by atoms with Gasteiger partial charge < -0.3 is 10.4 Å². The number of carboxylic acid groups (broad SMARTS) is 1. The first-order chi connectivity index (χ1) is 8.53. The van der Waals surface area contributed by atoms with Crippen LogP contribution in [0.3, 0.4) is 0 Å². The van der Waals surface area contributed by atoms with Gasteiger partial charge >= 0.3 is 5.97 Å². The number of nitrogens with one attached hydrogen (secondary N) is 1. The molecule has 1 heterocycles. The molecule has 2 atom stereocenters. The Balaban J connectivity index is 2.16. The SMILES string of the molecule is CC1CCCC(NC(=O)c2cnsn2)(C(=O)O)C1. The minimum Gasteiger partial charge on any atom is -0.480 e. The summed E-state index contributed by atoms with van der Waals surface area (Å²) >= 11 is 0.930. The zero-order chi connectivity index (χ0) is 13.2. The number of hydrogen-bond acceptors (Lipinski definition) is 5. The maximum Gasteiger partial charge on any atom is 0.329 e. The van der Waals surface area contributed by atoms with Gasteiger partial charge in [-0.15, -0.1) is 0 Å². The van der Waals surface area contributed by atoms with Crippen molar-refractivity contribution in [3.05, 3.63) is 11.9 Å². The van der Waals surface area contributed by atoms with Gasteiger partial charge in [0.05, 0.1) is 17.9 Å². The van der Waals surface area contributed by atoms with E-state index in [-0.39, 0.29) is 5.69 Å². The van der Waals surface area contributed by atoms with Crippen molar-refractivity contribution in [1.29, 1.82) is 0 Å². The predicted octanol–water partition coefficient (Wildman–Crippen LogP) is 1.30. The van der Waals surface area contributed by atoms with E-state index in [1.165, 1.54) is 6.20 Å². The third-order valence-corrected chi connectivity index (χ3v) is 3.83. The van der Waals surface area contributed by atoms with Crippen molar-refractivity contribution >= 4 is 23.6 Å². The van der Waals surface area contributed by atoms with Gasteiger partial charge in [0.2, 0.25) is 0 Å². The third kappa shape index (κ3) is 2.50. The fourth-order valence-corrected chi connectivity index (χ4v) is 2.87. The molecule has 2 rings (SSSR count). The molecule has 0 bridgehead atoms. The van der Waals surface area contributed by atoms with E-state index in [0.29, 0.717) is 18.8 Å². The number of amides is 1. The lowest BCUT2D eigenvalue weighted by Gasteiger charge is -2.36. The van der Waals surface area contributed by atoms with Crippen LogP contribution in [-0.4, -0.2) is 31.3 Å². The van der Waals surface area contributed by atoms with Crippen molar-refractivity contribution in [2.24, 2.45) is 5.92 Å². The molecule has 0 spiro atoms. The van der Waals surface area contributed by atoms with Crippen molar-refractivity contribution in [2.45, 2.75) is 38.1 Å². The highest BCUT2D eigenvalue weighted by atomic mass is 32.1. The lowest BCUT2D eigenvalue weighted by Crippen LogP contribution is -2.56. The summed E-state index contributed by atoms with van der Waals surface area (Å²) in [5, 5.41) is 12.0. The number of carbonyl (C=O) groups excluding carboxylic acids is 1. The predicted molar refractivity (Wildman–Crippen MR) is 65.4 cm³/mol. The first kappa shape index (κ1) is 12.9. The summed E-state index contributed by atoms with van der Waals surface area (Å²) in [7, 11) is 0. The molecule has 0 saturated heterocycles. The average Bonchev–Trinajstić information content (AvgIpc) is 2.82. The summed E-state index contributed by atoms with van der Waals surface area (Å²) in [6.45, 7) is 2.01. The molecule has 2 unspecified atom stereocenters. The van der Waals surface area contributed by atoms with Crippen molar-refractivity contribution < 1.29 is 14.7 Å². The van der Waals surface area contributed by atoms with Crippen molar-refractivity contribution in [3.8, 4) is 0 Å². The molecular weight excluding hydrogens is 254 g/mol. The normalized spacial score (nSPS) is 27.7. The number of rotatable bonds is 3. The van der Waals surface area contributed by atoms with E-state index in [1.54, 1.807) is 0 Å². The first-order valence-corrected chi connectivity index (χ1v) is 6.60. The highest BCUT2D eigenvalue weighted by Crippen LogP contribution is 2.32. The number of aliphatic carboxylic acids is 1. The number of hydrogen-bond donors (Lipinski definition) is 2. The van der Waals surface area contributed by atoms with Gasteiger partial charge in [0, 0.05) is 0 Å². The lowest BCUT2D eigenvalue weighted by atomic mass is 9.76. The van der Waals surface area contributed by atoms with Gasteiger partial charge in [0.25, 0.3) is 5.91 Å². The Morgan fingerprint density at radius 2 is 2.39 bits per heavy atom. The van der Waals surface area contributed by atoms with E-state index < -0.39 is 17.4 Å². The van der Waals surface area contributed by atoms with Gasteiger partial charge in [-0.05, 0) is 18.8 Å². The van der Waals surface area contributed by atoms with Gasteiger partial charge in [-0.2, -0.15) is 8.75 Å². The van der Waals surface area contributed by atoms with E-state index in [4.69, 9.17) is 0 Å². The lowest BCUT2D eigenvalue weighted by molar-refractivity contribution is -0.146. The van der Waals surface area contributed by atoms with E-state index >= 15 is 0 Å². The van der Waals surface area contributed by atoms with Crippen molar-refractivity contribution in [3.63, 3.8) is 0 Å². The van der Waals surface area contributed by atoms with Crippen molar-refractivity contribution in [2.75, 3.05) is 0 Å². The Bertz CT molecular complexity index is 448. The highest BCUT2D eigenvalue weighted by Gasteiger charge is 2.43. The molecule has 2 N–H and O–H groups in total. The molecular formula is C11H15N3O3S. The van der Waals surface area contributed by atoms with Gasteiger partial charge in [0.15, 0.2) is 5.69 Å². The van der Waals surface area contributed by atoms with Crippen LogP contribution >= 0.6 is 11.7 Å². The molecule has 1 aromatic rings. The van der Waals surface area contributed by atoms with Gasteiger partial charge in [-0.25, -0.2) is 4.79 Å². The van der Waals surface area contributed by atoms with E-state index in [2.05, 4.69) is 14.1 Å². The molecule has 1 aliphatic rings. The topological polar surface area (TPSA) is 92.2 Å². The zero-order valence-electron chi connectivity index (χ0n) is 10.0. The smallest absolute Gasteiger partial charge is 0.329 e. The van der Waals surface area contributed by atoms with Gasteiger partial charge in [0.1, 0.15) is 5.54 Å². The summed E-state index contributed by atoms with van der Waals surface area (Å²) in [4.78, 5) is 23.4. The summed E-state index contributed by atoms with van der Waals surface area (Å²) < 4.78 is 7.56. The zero-order valence-corrected chi connectivity index (χ0v) is 10.9. The van der Waals surface area contributed by atoms with Gasteiger partial charge in [-0.3, -0.25) is 4.79 Å². The molecule has 98 valence electrons. The number of nitrogens with zero attached hydrogens (tertiary/aromatic N) is 2. The van der Waals surface area contributed by atoms with Crippen LogP contribution in [0.5, 0.6) is 0 Å². The molecule has 0 aliphatic heterocycles. The van der Waals surface area contributed by atoms with Crippen LogP contribution in [0.2, 0.25) is 0 Å². The van der Waals surface area contributed by atoms with E-state index in [9.17, 15) is 14.7 Å². The summed E-state index contributed by atoms with van der Waals surface area (Å²) in [6, 6.07) is 0. The largest absolute Gasteiger partial charge is 0.480 e. The average molecular weight is 269 g/mol. The second-order valence-electron chi connectivity index (χ2n) is 4.84. The molecule has 1 aliphatic carbocycles. The highest BCUT2D eigenvalue weighted by molar-refractivity contribution is 6.99. The molecule has 18 heavy (non-hydrogen) atoms. The molecule has 7 heteroatoms. The molecule has 0 radical (unpaired) electrons. The minimum absolute atomic E-state index is 0.179. The minimum atomic E-state index is -1.15. The molecule has 6 nitrogen and oxygen atoms in total. The number of carbonyl (C=O) groups is 2. The molecule has 1 fully saturated rings. The van der Waals surface area contributed by atoms with Crippen LogP contribution in [0.1, 0.15) is 43.1 Å². The van der Waals surface area contributed by atoms with Crippen LogP contribution in [-0.2, 0) is 4.79 Å². The quantitative estimate of drug-likeness (QED) is 0.863. The van der Waals surface area contributed by atoms with Crippen LogP contribution in [0.15, 0.2) is 6.20 Å². The maximum atomic E-state index is 11.9. The number of aromatic nitrogens is 2. The third-order valence-electron chi connectivity index (χ3n) is 3.35. The van der Waals surface area contributed by atoms with Crippen molar-refractivity contribution in [1.82, 2.24) is 14.1 Å². The first-order valence-electron chi connectivity index (χ1n) is 5.87. The Morgan fingerprint density at radius 1 is 1.61 bits per heavy atom. The Labute approximate surface area is 109 Å². The van der Waals surface area contributed by atoms with Crippen LogP contribution in [0, 0.1) is 5.92 Å². The number of carboxylic acids is 1. The fourth-order valence-electron chi connectivity index (χ4n) is 2.46. The monoisotopic (exact) mass is 269 g/mol. The van der Waals surface area contributed by atoms with E-state index in [1.807, 2.05) is 6.92 Å². The summed E-state index contributed by atoms with van der Waals surface area (Å²) in [5.41, 5.74) is -0.975. The van der Waals surface area contributed by atoms with E-state index in [0.717, 1.165) is 24.6 Å². The molecule has 0 aromatic carbocycles. The molecule has 1 aromatic heterocycles. The fraction of sp³-hybridized carbons (Fsp3) is 0.636. The second-order valence-corrected chi connectivity index (χ2v) is 5.39. The van der Waals surface area contributed by atoms with Gasteiger partial charge in [-0.1, -0.05) is 19.8 Å². The Morgan fingerprint density at radius 3 is 2.94 bits per heavy atom. The standard InChI is InChI=1S/C11H15N3O3S/c1-7-3-2-4-11(5-7,10(16)17)13-9(15)8-6-12-18-14-8/h6-7H,2-5H2,1H3,(H,13,15)(H,16,17). The maximum absolute atomic E-state index is 11.9. The Hall–Kier alpha value is -1.50.